The molecule has 4 rings (SSSR count). The smallest absolute Gasteiger partial charge is 0.257 e. The van der Waals surface area contributed by atoms with Crippen LogP contribution in [0.3, 0.4) is 0 Å². The normalized spacial score (nSPS) is 16.4. The summed E-state index contributed by atoms with van der Waals surface area (Å²) in [7, 11) is 0. The van der Waals surface area contributed by atoms with E-state index in [4.69, 9.17) is 0 Å². The number of hydrogen-bond acceptors (Lipinski definition) is 2. The highest BCUT2D eigenvalue weighted by atomic mass is 19.1. The molecule has 1 saturated heterocycles. The molecule has 0 aliphatic carbocycles. The topological polar surface area (TPSA) is 38.1 Å². The molecule has 1 fully saturated rings. The van der Waals surface area contributed by atoms with Gasteiger partial charge in [-0.2, -0.15) is 0 Å². The molecule has 7 heteroatoms. The Balaban J connectivity index is 1.64. The Bertz CT molecular complexity index is 1050. The van der Waals surface area contributed by atoms with Crippen molar-refractivity contribution >= 4 is 5.91 Å². The highest BCUT2D eigenvalue weighted by molar-refractivity contribution is 5.94. The number of carbonyl (C=O) groups is 1. The summed E-state index contributed by atoms with van der Waals surface area (Å²) in [5, 5.41) is 0. The van der Waals surface area contributed by atoms with Gasteiger partial charge >= 0.3 is 0 Å². The second kappa shape index (κ2) is 7.73. The molecule has 1 aliphatic rings. The third-order valence-electron chi connectivity index (χ3n) is 5.31. The van der Waals surface area contributed by atoms with Crippen LogP contribution < -0.4 is 0 Å². The van der Waals surface area contributed by atoms with E-state index in [2.05, 4.69) is 4.98 Å². The maximum absolute atomic E-state index is 14.1. The average Bonchev–Trinajstić information content (AvgIpc) is 3.30. The quantitative estimate of drug-likeness (QED) is 0.641. The number of benzene rings is 2. The first-order valence-corrected chi connectivity index (χ1v) is 9.46. The predicted molar refractivity (Wildman–Crippen MR) is 102 cm³/mol. The molecule has 1 aromatic heterocycles. The summed E-state index contributed by atoms with van der Waals surface area (Å²) in [5.41, 5.74) is 1.68. The third kappa shape index (κ3) is 3.77. The van der Waals surface area contributed by atoms with Crippen LogP contribution in [0.2, 0.25) is 0 Å². The lowest BCUT2D eigenvalue weighted by molar-refractivity contribution is 0.0722. The Morgan fingerprint density at radius 2 is 1.83 bits per heavy atom. The number of aromatic nitrogens is 2. The van der Waals surface area contributed by atoms with Crippen LogP contribution >= 0.6 is 0 Å². The molecule has 1 amide bonds. The van der Waals surface area contributed by atoms with Crippen LogP contribution in [0.4, 0.5) is 13.2 Å². The standard InChI is InChI=1S/C22H20F3N3O/c1-14-12-26-21(28(14)13-15-4-6-16(23)7-5-15)20-3-2-10-27(20)22(29)18-9-8-17(24)11-19(18)25/h4-9,11-12,20H,2-3,10,13H2,1H3. The minimum Gasteiger partial charge on any atom is -0.328 e. The first kappa shape index (κ1) is 19.2. The monoisotopic (exact) mass is 399 g/mol. The molecule has 0 bridgehead atoms. The highest BCUT2D eigenvalue weighted by Gasteiger charge is 2.34. The minimum absolute atomic E-state index is 0.147. The SMILES string of the molecule is Cc1cnc(C2CCCN2C(=O)c2ccc(F)cc2F)n1Cc1ccc(F)cc1. The Kier molecular flexibility index (Phi) is 5.13. The van der Waals surface area contributed by atoms with Gasteiger partial charge in [0.15, 0.2) is 0 Å². The van der Waals surface area contributed by atoms with E-state index in [0.717, 1.165) is 29.8 Å². The lowest BCUT2D eigenvalue weighted by Gasteiger charge is -2.25. The van der Waals surface area contributed by atoms with Crippen molar-refractivity contribution in [2.75, 3.05) is 6.54 Å². The average molecular weight is 399 g/mol. The number of carbonyl (C=O) groups excluding carboxylic acids is 1. The maximum Gasteiger partial charge on any atom is 0.257 e. The van der Waals surface area contributed by atoms with Crippen LogP contribution in [-0.2, 0) is 6.54 Å². The van der Waals surface area contributed by atoms with Crippen LogP contribution in [0.5, 0.6) is 0 Å². The van der Waals surface area contributed by atoms with Gasteiger partial charge < -0.3 is 9.47 Å². The number of likely N-dealkylation sites (tertiary alicyclic amines) is 1. The molecule has 150 valence electrons. The van der Waals surface area contributed by atoms with E-state index in [1.807, 2.05) is 11.5 Å². The van der Waals surface area contributed by atoms with Gasteiger partial charge in [0, 0.05) is 31.0 Å². The first-order valence-electron chi connectivity index (χ1n) is 9.46. The summed E-state index contributed by atoms with van der Waals surface area (Å²) in [6, 6.07) is 8.92. The fraction of sp³-hybridized carbons (Fsp3) is 0.273. The highest BCUT2D eigenvalue weighted by Crippen LogP contribution is 2.33. The first-order chi connectivity index (χ1) is 13.9. The van der Waals surface area contributed by atoms with Gasteiger partial charge in [0.05, 0.1) is 11.6 Å². The van der Waals surface area contributed by atoms with Gasteiger partial charge in [-0.05, 0) is 49.6 Å². The van der Waals surface area contributed by atoms with E-state index in [1.54, 1.807) is 23.2 Å². The zero-order valence-electron chi connectivity index (χ0n) is 15.9. The van der Waals surface area contributed by atoms with Crippen LogP contribution in [0.1, 0.15) is 46.3 Å². The molecule has 4 nitrogen and oxygen atoms in total. The van der Waals surface area contributed by atoms with Crippen LogP contribution in [-0.4, -0.2) is 26.9 Å². The number of nitrogens with zero attached hydrogens (tertiary/aromatic N) is 3. The van der Waals surface area contributed by atoms with Crippen molar-refractivity contribution in [1.29, 1.82) is 0 Å². The number of hydrogen-bond donors (Lipinski definition) is 0. The summed E-state index contributed by atoms with van der Waals surface area (Å²) >= 11 is 0. The molecule has 3 aromatic rings. The fourth-order valence-electron chi connectivity index (χ4n) is 3.82. The number of imidazole rings is 1. The number of amides is 1. The van der Waals surface area contributed by atoms with E-state index >= 15 is 0 Å². The molecule has 29 heavy (non-hydrogen) atoms. The molecular weight excluding hydrogens is 379 g/mol. The van der Waals surface area contributed by atoms with Crippen molar-refractivity contribution in [1.82, 2.24) is 14.5 Å². The molecule has 1 atom stereocenters. The Labute approximate surface area is 166 Å². The van der Waals surface area contributed by atoms with Gasteiger partial charge in [0.2, 0.25) is 0 Å². The molecule has 0 saturated carbocycles. The van der Waals surface area contributed by atoms with Crippen molar-refractivity contribution in [3.63, 3.8) is 0 Å². The van der Waals surface area contributed by atoms with E-state index < -0.39 is 17.5 Å². The van der Waals surface area contributed by atoms with Crippen LogP contribution in [0, 0.1) is 24.4 Å². The molecule has 0 radical (unpaired) electrons. The lowest BCUT2D eigenvalue weighted by atomic mass is 10.1. The molecule has 1 unspecified atom stereocenters. The summed E-state index contributed by atoms with van der Waals surface area (Å²) < 4.78 is 42.6. The van der Waals surface area contributed by atoms with Crippen LogP contribution in [0.15, 0.2) is 48.7 Å². The summed E-state index contributed by atoms with van der Waals surface area (Å²) in [4.78, 5) is 19.1. The van der Waals surface area contributed by atoms with Crippen LogP contribution in [0.25, 0.3) is 0 Å². The van der Waals surface area contributed by atoms with Crippen molar-refractivity contribution < 1.29 is 18.0 Å². The van der Waals surface area contributed by atoms with Gasteiger partial charge in [-0.15, -0.1) is 0 Å². The fourth-order valence-corrected chi connectivity index (χ4v) is 3.82. The second-order valence-corrected chi connectivity index (χ2v) is 7.25. The number of rotatable bonds is 4. The van der Waals surface area contributed by atoms with E-state index in [1.165, 1.54) is 18.2 Å². The minimum atomic E-state index is -0.869. The Morgan fingerprint density at radius 3 is 2.55 bits per heavy atom. The number of halogens is 3. The van der Waals surface area contributed by atoms with Crippen molar-refractivity contribution in [2.45, 2.75) is 32.4 Å². The zero-order valence-corrected chi connectivity index (χ0v) is 15.9. The number of aryl methyl sites for hydroxylation is 1. The summed E-state index contributed by atoms with van der Waals surface area (Å²) in [6.07, 6.45) is 3.20. The predicted octanol–water partition coefficient (Wildman–Crippen LogP) is 4.63. The van der Waals surface area contributed by atoms with Gasteiger partial charge in [-0.1, -0.05) is 12.1 Å². The Morgan fingerprint density at radius 1 is 1.10 bits per heavy atom. The summed E-state index contributed by atoms with van der Waals surface area (Å²) in [5.74, 6) is -1.65. The molecular formula is C22H20F3N3O. The van der Waals surface area contributed by atoms with Crippen molar-refractivity contribution in [3.05, 3.63) is 88.8 Å². The van der Waals surface area contributed by atoms with Gasteiger partial charge in [-0.3, -0.25) is 4.79 Å². The lowest BCUT2D eigenvalue weighted by Crippen LogP contribution is -2.32. The van der Waals surface area contributed by atoms with Gasteiger partial charge in [-0.25, -0.2) is 18.2 Å². The molecule has 2 aromatic carbocycles. The van der Waals surface area contributed by atoms with E-state index in [0.29, 0.717) is 25.3 Å². The molecule has 2 heterocycles. The largest absolute Gasteiger partial charge is 0.328 e. The van der Waals surface area contributed by atoms with Crippen molar-refractivity contribution in [2.24, 2.45) is 0 Å². The van der Waals surface area contributed by atoms with Crippen molar-refractivity contribution in [3.8, 4) is 0 Å². The van der Waals surface area contributed by atoms with Gasteiger partial charge in [0.1, 0.15) is 23.3 Å². The van der Waals surface area contributed by atoms with E-state index in [9.17, 15) is 18.0 Å². The second-order valence-electron chi connectivity index (χ2n) is 7.25. The van der Waals surface area contributed by atoms with Gasteiger partial charge in [0.25, 0.3) is 5.91 Å². The maximum atomic E-state index is 14.1. The molecule has 1 aliphatic heterocycles. The zero-order chi connectivity index (χ0) is 20.5. The molecule has 0 spiro atoms. The summed E-state index contributed by atoms with van der Waals surface area (Å²) in [6.45, 7) is 2.88. The van der Waals surface area contributed by atoms with E-state index in [-0.39, 0.29) is 17.4 Å². The Hall–Kier alpha value is -3.09. The molecule has 0 N–H and O–H groups in total. The third-order valence-corrected chi connectivity index (χ3v) is 5.31.